The van der Waals surface area contributed by atoms with Gasteiger partial charge in [0.05, 0.1) is 23.5 Å². The van der Waals surface area contributed by atoms with Crippen LogP contribution in [0.15, 0.2) is 23.1 Å². The molecule has 0 fully saturated rings. The predicted molar refractivity (Wildman–Crippen MR) is 65.9 cm³/mol. The smallest absolute Gasteiger partial charge is 0.324 e. The van der Waals surface area contributed by atoms with Gasteiger partial charge >= 0.3 is 6.18 Å². The van der Waals surface area contributed by atoms with E-state index in [1.807, 2.05) is 0 Å². The van der Waals surface area contributed by atoms with E-state index >= 15 is 0 Å². The minimum atomic E-state index is -4.59. The van der Waals surface area contributed by atoms with Gasteiger partial charge in [0.25, 0.3) is 0 Å². The van der Waals surface area contributed by atoms with Crippen LogP contribution in [0.2, 0.25) is 0 Å². The van der Waals surface area contributed by atoms with Gasteiger partial charge in [-0.1, -0.05) is 0 Å². The maximum absolute atomic E-state index is 12.6. The molecule has 0 aliphatic rings. The Labute approximate surface area is 115 Å². The fraction of sp³-hybridized carbons (Fsp3) is 0.364. The van der Waals surface area contributed by atoms with Crippen molar-refractivity contribution >= 4 is 23.4 Å². The summed E-state index contributed by atoms with van der Waals surface area (Å²) in [5, 5.41) is 2.17. The maximum Gasteiger partial charge on any atom is 0.416 e. The molecule has 20 heavy (non-hydrogen) atoms. The highest BCUT2D eigenvalue weighted by Gasteiger charge is 2.31. The molecule has 9 heteroatoms. The molecule has 0 atom stereocenters. The Bertz CT molecular complexity index is 478. The second-order valence-corrected chi connectivity index (χ2v) is 4.72. The first-order chi connectivity index (χ1) is 9.24. The molecule has 1 rings (SSSR count). The standard InChI is InChI=1S/C11H11F5N2OS/c12-9(13)5-20-8-2-1-6(11(14,15)16)3-7(8)18-10(19)4-17/h1-3,9H,4-5,17H2,(H,18,19). The molecule has 0 radical (unpaired) electrons. The number of thioether (sulfide) groups is 1. The van der Waals surface area contributed by atoms with Gasteiger partial charge in [0.15, 0.2) is 0 Å². The molecule has 0 heterocycles. The van der Waals surface area contributed by atoms with Crippen molar-refractivity contribution in [2.75, 3.05) is 17.6 Å². The summed E-state index contributed by atoms with van der Waals surface area (Å²) in [6.45, 7) is -0.421. The summed E-state index contributed by atoms with van der Waals surface area (Å²) in [6, 6.07) is 2.51. The lowest BCUT2D eigenvalue weighted by molar-refractivity contribution is -0.137. The van der Waals surface area contributed by atoms with Crippen LogP contribution >= 0.6 is 11.8 Å². The number of hydrogen-bond acceptors (Lipinski definition) is 3. The molecule has 1 amide bonds. The molecular formula is C11H11F5N2OS. The summed E-state index contributed by atoms with van der Waals surface area (Å²) in [7, 11) is 0. The lowest BCUT2D eigenvalue weighted by atomic mass is 10.2. The Hall–Kier alpha value is -1.35. The van der Waals surface area contributed by atoms with Gasteiger partial charge in [0.2, 0.25) is 12.3 Å². The summed E-state index contributed by atoms with van der Waals surface area (Å²) in [5.74, 6) is -1.29. The SMILES string of the molecule is NCC(=O)Nc1cc(C(F)(F)F)ccc1SCC(F)F. The van der Waals surface area contributed by atoms with Crippen molar-refractivity contribution < 1.29 is 26.7 Å². The zero-order chi connectivity index (χ0) is 15.3. The van der Waals surface area contributed by atoms with Crippen molar-refractivity contribution in [3.8, 4) is 0 Å². The lowest BCUT2D eigenvalue weighted by Gasteiger charge is -2.14. The molecule has 0 aromatic heterocycles. The number of nitrogens with one attached hydrogen (secondary N) is 1. The van der Waals surface area contributed by atoms with Gasteiger partial charge in [-0.15, -0.1) is 11.8 Å². The van der Waals surface area contributed by atoms with Crippen LogP contribution in [0.4, 0.5) is 27.6 Å². The fourth-order valence-electron chi connectivity index (χ4n) is 1.28. The number of amides is 1. The van der Waals surface area contributed by atoms with Crippen LogP contribution in [0, 0.1) is 0 Å². The largest absolute Gasteiger partial charge is 0.416 e. The highest BCUT2D eigenvalue weighted by atomic mass is 32.2. The molecule has 3 nitrogen and oxygen atoms in total. The van der Waals surface area contributed by atoms with Crippen molar-refractivity contribution in [2.24, 2.45) is 5.73 Å². The van der Waals surface area contributed by atoms with E-state index in [0.29, 0.717) is 17.8 Å². The number of halogens is 5. The van der Waals surface area contributed by atoms with E-state index in [1.54, 1.807) is 0 Å². The van der Waals surface area contributed by atoms with Crippen molar-refractivity contribution in [1.29, 1.82) is 0 Å². The first-order valence-corrected chi connectivity index (χ1v) is 6.34. The number of nitrogens with two attached hydrogens (primary N) is 1. The minimum absolute atomic E-state index is 0.125. The molecule has 1 aromatic rings. The third kappa shape index (κ3) is 4.97. The molecule has 0 spiro atoms. The summed E-state index contributed by atoms with van der Waals surface area (Å²) in [4.78, 5) is 11.3. The Morgan fingerprint density at radius 1 is 1.35 bits per heavy atom. The molecule has 0 aliphatic heterocycles. The molecule has 0 saturated heterocycles. The number of benzene rings is 1. The van der Waals surface area contributed by atoms with Crippen LogP contribution in [0.1, 0.15) is 5.56 Å². The number of rotatable bonds is 5. The van der Waals surface area contributed by atoms with E-state index in [1.165, 1.54) is 0 Å². The summed E-state index contributed by atoms with van der Waals surface area (Å²) >= 11 is 0.654. The Kier molecular flexibility index (Phi) is 5.75. The first-order valence-electron chi connectivity index (χ1n) is 5.36. The number of carbonyl (C=O) groups is 1. The predicted octanol–water partition coefficient (Wildman–Crippen LogP) is 2.96. The van der Waals surface area contributed by atoms with Crippen molar-refractivity contribution in [3.63, 3.8) is 0 Å². The quantitative estimate of drug-likeness (QED) is 0.649. The fourth-order valence-corrected chi connectivity index (χ4v) is 2.02. The van der Waals surface area contributed by atoms with Gasteiger partial charge < -0.3 is 11.1 Å². The van der Waals surface area contributed by atoms with E-state index in [4.69, 9.17) is 5.73 Å². The Morgan fingerprint density at radius 2 is 2.00 bits per heavy atom. The van der Waals surface area contributed by atoms with E-state index in [-0.39, 0.29) is 10.6 Å². The average molecular weight is 314 g/mol. The van der Waals surface area contributed by atoms with Gasteiger partial charge in [-0.2, -0.15) is 13.2 Å². The number of alkyl halides is 5. The molecule has 0 saturated carbocycles. The molecule has 3 N–H and O–H groups in total. The number of hydrogen-bond donors (Lipinski definition) is 2. The molecule has 112 valence electrons. The average Bonchev–Trinajstić information content (AvgIpc) is 2.35. The van der Waals surface area contributed by atoms with Crippen molar-refractivity contribution in [1.82, 2.24) is 0 Å². The summed E-state index contributed by atoms with van der Waals surface area (Å²) in [6.07, 6.45) is -7.20. The molecule has 0 aliphatic carbocycles. The zero-order valence-corrected chi connectivity index (χ0v) is 10.8. The highest BCUT2D eigenvalue weighted by molar-refractivity contribution is 7.99. The molecule has 1 aromatic carbocycles. The van der Waals surface area contributed by atoms with Crippen LogP contribution in [-0.4, -0.2) is 24.6 Å². The van der Waals surface area contributed by atoms with Gasteiger partial charge in [0.1, 0.15) is 0 Å². The van der Waals surface area contributed by atoms with E-state index in [2.05, 4.69) is 5.32 Å². The highest BCUT2D eigenvalue weighted by Crippen LogP contribution is 2.35. The maximum atomic E-state index is 12.6. The monoisotopic (exact) mass is 314 g/mol. The van der Waals surface area contributed by atoms with Crippen LogP contribution in [-0.2, 0) is 11.0 Å². The van der Waals surface area contributed by atoms with Crippen molar-refractivity contribution in [3.05, 3.63) is 23.8 Å². The minimum Gasteiger partial charge on any atom is -0.324 e. The summed E-state index contributed by atoms with van der Waals surface area (Å²) < 4.78 is 62.0. The third-order valence-electron chi connectivity index (χ3n) is 2.13. The third-order valence-corrected chi connectivity index (χ3v) is 3.22. The summed E-state index contributed by atoms with van der Waals surface area (Å²) in [5.41, 5.74) is 3.89. The van der Waals surface area contributed by atoms with Gasteiger partial charge in [-0.25, -0.2) is 8.78 Å². The van der Waals surface area contributed by atoms with E-state index in [0.717, 1.165) is 12.1 Å². The normalized spacial score (nSPS) is 11.8. The van der Waals surface area contributed by atoms with E-state index in [9.17, 15) is 26.7 Å². The number of anilines is 1. The van der Waals surface area contributed by atoms with E-state index < -0.39 is 36.4 Å². The number of carbonyl (C=O) groups excluding carboxylic acids is 1. The lowest BCUT2D eigenvalue weighted by Crippen LogP contribution is -2.22. The molecular weight excluding hydrogens is 303 g/mol. The molecule has 0 bridgehead atoms. The van der Waals surface area contributed by atoms with Gasteiger partial charge in [-0.3, -0.25) is 4.79 Å². The van der Waals surface area contributed by atoms with Crippen molar-refractivity contribution in [2.45, 2.75) is 17.5 Å². The van der Waals surface area contributed by atoms with Crippen LogP contribution in [0.5, 0.6) is 0 Å². The Balaban J connectivity index is 3.06. The second kappa shape index (κ2) is 6.89. The van der Waals surface area contributed by atoms with Crippen LogP contribution in [0.3, 0.4) is 0 Å². The second-order valence-electron chi connectivity index (χ2n) is 3.66. The zero-order valence-electron chi connectivity index (χ0n) is 10.0. The van der Waals surface area contributed by atoms with Crippen LogP contribution < -0.4 is 11.1 Å². The Morgan fingerprint density at radius 3 is 2.50 bits per heavy atom. The topological polar surface area (TPSA) is 55.1 Å². The van der Waals surface area contributed by atoms with Crippen LogP contribution in [0.25, 0.3) is 0 Å². The van der Waals surface area contributed by atoms with Gasteiger partial charge in [0, 0.05) is 4.90 Å². The first kappa shape index (κ1) is 16.7. The van der Waals surface area contributed by atoms with Gasteiger partial charge in [-0.05, 0) is 18.2 Å². The molecule has 0 unspecified atom stereocenters.